The fourth-order valence-corrected chi connectivity index (χ4v) is 1.72. The fraction of sp³-hybridized carbons (Fsp3) is 0.556. The number of rotatable bonds is 6. The number of aromatic nitrogens is 2. The van der Waals surface area contributed by atoms with Gasteiger partial charge >= 0.3 is 0 Å². The summed E-state index contributed by atoms with van der Waals surface area (Å²) >= 11 is 0. The number of nitrogens with two attached hydrogens (primary N) is 1. The Morgan fingerprint density at radius 2 is 2.19 bits per heavy atom. The van der Waals surface area contributed by atoms with Gasteiger partial charge in [-0.05, 0) is 12.8 Å². The number of nitrogens with zero attached hydrogens (tertiary/aromatic N) is 2. The highest BCUT2D eigenvalue weighted by Gasteiger charge is 2.02. The van der Waals surface area contributed by atoms with Crippen molar-refractivity contribution in [3.05, 3.63) is 18.1 Å². The van der Waals surface area contributed by atoms with E-state index in [9.17, 15) is 8.42 Å². The Kier molecular flexibility index (Phi) is 4.63. The molecule has 90 valence electrons. The Balaban J connectivity index is 2.37. The molecule has 6 nitrogen and oxygen atoms in total. The van der Waals surface area contributed by atoms with Crippen molar-refractivity contribution in [2.24, 2.45) is 5.14 Å². The van der Waals surface area contributed by atoms with Crippen LogP contribution in [0.2, 0.25) is 0 Å². The molecule has 1 rings (SSSR count). The highest BCUT2D eigenvalue weighted by Crippen LogP contribution is 2.04. The Labute approximate surface area is 95.3 Å². The molecule has 1 aromatic heterocycles. The van der Waals surface area contributed by atoms with Gasteiger partial charge in [-0.2, -0.15) is 0 Å². The number of nitrogens with one attached hydrogen (secondary N) is 1. The lowest BCUT2D eigenvalue weighted by molar-refractivity contribution is 0.595. The van der Waals surface area contributed by atoms with Crippen molar-refractivity contribution in [2.45, 2.75) is 19.8 Å². The highest BCUT2D eigenvalue weighted by atomic mass is 32.2. The minimum Gasteiger partial charge on any atom is -0.370 e. The number of aryl methyl sites for hydroxylation is 1. The first kappa shape index (κ1) is 12.9. The van der Waals surface area contributed by atoms with E-state index in [4.69, 9.17) is 5.14 Å². The Morgan fingerprint density at radius 3 is 2.81 bits per heavy atom. The maximum absolute atomic E-state index is 10.7. The van der Waals surface area contributed by atoms with Gasteiger partial charge in [-0.1, -0.05) is 6.92 Å². The van der Waals surface area contributed by atoms with Gasteiger partial charge in [0.2, 0.25) is 10.0 Å². The molecule has 1 heterocycles. The second kappa shape index (κ2) is 5.76. The SMILES string of the molecule is CCc1cc(NCCCS(N)(=O)=O)ncn1. The summed E-state index contributed by atoms with van der Waals surface area (Å²) in [6.07, 6.45) is 2.79. The maximum Gasteiger partial charge on any atom is 0.209 e. The van der Waals surface area contributed by atoms with E-state index in [1.165, 1.54) is 6.33 Å². The first-order valence-corrected chi connectivity index (χ1v) is 6.78. The van der Waals surface area contributed by atoms with Crippen molar-refractivity contribution in [2.75, 3.05) is 17.6 Å². The van der Waals surface area contributed by atoms with Gasteiger partial charge in [0.05, 0.1) is 5.75 Å². The molecule has 0 unspecified atom stereocenters. The third-order valence-corrected chi connectivity index (χ3v) is 2.86. The van der Waals surface area contributed by atoms with Crippen LogP contribution in [0.5, 0.6) is 0 Å². The third kappa shape index (κ3) is 5.04. The zero-order valence-corrected chi connectivity index (χ0v) is 10.00. The molecule has 16 heavy (non-hydrogen) atoms. The fourth-order valence-electron chi connectivity index (χ4n) is 1.18. The van der Waals surface area contributed by atoms with Crippen LogP contribution in [-0.2, 0) is 16.4 Å². The number of primary sulfonamides is 1. The molecular weight excluding hydrogens is 228 g/mol. The summed E-state index contributed by atoms with van der Waals surface area (Å²) in [6, 6.07) is 1.84. The predicted octanol–water partition coefficient (Wildman–Crippen LogP) is 0.130. The number of sulfonamides is 1. The van der Waals surface area contributed by atoms with Crippen molar-refractivity contribution >= 4 is 15.8 Å². The molecule has 0 aliphatic heterocycles. The van der Waals surface area contributed by atoms with Crippen LogP contribution >= 0.6 is 0 Å². The molecule has 0 fully saturated rings. The standard InChI is InChI=1S/C9H16N4O2S/c1-2-8-6-9(13-7-12-8)11-4-3-5-16(10,14)15/h6-7H,2-5H2,1H3,(H2,10,14,15)(H,11,12,13). The topological polar surface area (TPSA) is 98.0 Å². The average Bonchev–Trinajstić information content (AvgIpc) is 2.23. The van der Waals surface area contributed by atoms with Gasteiger partial charge in [0.25, 0.3) is 0 Å². The van der Waals surface area contributed by atoms with E-state index in [-0.39, 0.29) is 5.75 Å². The Morgan fingerprint density at radius 1 is 1.44 bits per heavy atom. The second-order valence-corrected chi connectivity index (χ2v) is 5.13. The Bertz CT molecular complexity index is 433. The largest absolute Gasteiger partial charge is 0.370 e. The summed E-state index contributed by atoms with van der Waals surface area (Å²) in [4.78, 5) is 8.08. The van der Waals surface area contributed by atoms with Crippen LogP contribution in [0.1, 0.15) is 19.0 Å². The van der Waals surface area contributed by atoms with Crippen molar-refractivity contribution < 1.29 is 8.42 Å². The van der Waals surface area contributed by atoms with E-state index >= 15 is 0 Å². The predicted molar refractivity (Wildman–Crippen MR) is 62.5 cm³/mol. The molecule has 0 radical (unpaired) electrons. The van der Waals surface area contributed by atoms with E-state index in [2.05, 4.69) is 15.3 Å². The molecule has 0 bridgehead atoms. The lowest BCUT2D eigenvalue weighted by atomic mass is 10.3. The first-order valence-electron chi connectivity index (χ1n) is 5.06. The lowest BCUT2D eigenvalue weighted by Crippen LogP contribution is -2.18. The number of hydrogen-bond donors (Lipinski definition) is 2. The van der Waals surface area contributed by atoms with Crippen LogP contribution in [0, 0.1) is 0 Å². The van der Waals surface area contributed by atoms with Crippen LogP contribution in [0.3, 0.4) is 0 Å². The van der Waals surface area contributed by atoms with Crippen LogP contribution in [0.25, 0.3) is 0 Å². The van der Waals surface area contributed by atoms with E-state index in [1.54, 1.807) is 0 Å². The minimum atomic E-state index is -3.36. The maximum atomic E-state index is 10.7. The zero-order chi connectivity index (χ0) is 12.0. The van der Waals surface area contributed by atoms with Crippen molar-refractivity contribution in [1.29, 1.82) is 0 Å². The Hall–Kier alpha value is -1.21. The van der Waals surface area contributed by atoms with Crippen LogP contribution in [0.4, 0.5) is 5.82 Å². The quantitative estimate of drug-likeness (QED) is 0.693. The third-order valence-electron chi connectivity index (χ3n) is 2.00. The molecule has 0 atom stereocenters. The second-order valence-electron chi connectivity index (χ2n) is 3.40. The molecule has 0 aromatic carbocycles. The zero-order valence-electron chi connectivity index (χ0n) is 9.18. The molecule has 0 aliphatic rings. The first-order chi connectivity index (χ1) is 7.51. The van der Waals surface area contributed by atoms with Gasteiger partial charge in [-0.25, -0.2) is 23.5 Å². The summed E-state index contributed by atoms with van der Waals surface area (Å²) in [6.45, 7) is 2.53. The van der Waals surface area contributed by atoms with Crippen molar-refractivity contribution in [3.63, 3.8) is 0 Å². The molecular formula is C9H16N4O2S. The van der Waals surface area contributed by atoms with E-state index in [1.807, 2.05) is 13.0 Å². The van der Waals surface area contributed by atoms with Gasteiger partial charge in [-0.15, -0.1) is 0 Å². The lowest BCUT2D eigenvalue weighted by Gasteiger charge is -2.05. The molecule has 0 saturated heterocycles. The molecule has 1 aromatic rings. The van der Waals surface area contributed by atoms with Gasteiger partial charge in [0.1, 0.15) is 12.1 Å². The minimum absolute atomic E-state index is 0.0221. The molecule has 0 saturated carbocycles. The van der Waals surface area contributed by atoms with Gasteiger partial charge < -0.3 is 5.32 Å². The van der Waals surface area contributed by atoms with E-state index in [0.717, 1.165) is 12.1 Å². The van der Waals surface area contributed by atoms with E-state index < -0.39 is 10.0 Å². The van der Waals surface area contributed by atoms with E-state index in [0.29, 0.717) is 18.8 Å². The molecule has 0 spiro atoms. The summed E-state index contributed by atoms with van der Waals surface area (Å²) in [5.74, 6) is 0.687. The summed E-state index contributed by atoms with van der Waals surface area (Å²) in [5, 5.41) is 7.90. The van der Waals surface area contributed by atoms with Crippen molar-refractivity contribution in [3.8, 4) is 0 Å². The smallest absolute Gasteiger partial charge is 0.209 e. The van der Waals surface area contributed by atoms with Crippen LogP contribution in [0.15, 0.2) is 12.4 Å². The summed E-state index contributed by atoms with van der Waals surface area (Å²) in [7, 11) is -3.36. The molecule has 7 heteroatoms. The van der Waals surface area contributed by atoms with Gasteiger partial charge in [0.15, 0.2) is 0 Å². The van der Waals surface area contributed by atoms with Crippen LogP contribution < -0.4 is 10.5 Å². The van der Waals surface area contributed by atoms with Crippen molar-refractivity contribution in [1.82, 2.24) is 9.97 Å². The van der Waals surface area contributed by atoms with Crippen LogP contribution in [-0.4, -0.2) is 30.7 Å². The number of hydrogen-bond acceptors (Lipinski definition) is 5. The monoisotopic (exact) mass is 244 g/mol. The molecule has 0 amide bonds. The molecule has 0 aliphatic carbocycles. The highest BCUT2D eigenvalue weighted by molar-refractivity contribution is 7.89. The summed E-state index contributed by atoms with van der Waals surface area (Å²) in [5.41, 5.74) is 0.948. The number of anilines is 1. The normalized spacial score (nSPS) is 11.4. The average molecular weight is 244 g/mol. The van der Waals surface area contributed by atoms with Gasteiger partial charge in [-0.3, -0.25) is 0 Å². The van der Waals surface area contributed by atoms with Gasteiger partial charge in [0, 0.05) is 18.3 Å². The summed E-state index contributed by atoms with van der Waals surface area (Å²) < 4.78 is 21.3. The molecule has 3 N–H and O–H groups in total.